The molecule has 0 unspecified atom stereocenters. The molecule has 2 rings (SSSR count). The van der Waals surface area contributed by atoms with Crippen molar-refractivity contribution in [2.75, 3.05) is 5.75 Å². The fraction of sp³-hybridized carbons (Fsp3) is 0.200. The molecule has 0 aliphatic heterocycles. The topological polar surface area (TPSA) is 53.2 Å². The van der Waals surface area contributed by atoms with Gasteiger partial charge in [-0.2, -0.15) is 0 Å². The van der Waals surface area contributed by atoms with Gasteiger partial charge in [-0.3, -0.25) is 15.6 Å². The SMILES string of the molecule is O=C(CSCc1cccs1)NNC(=S)NCc1ccc(F)cc1. The third-order valence-electron chi connectivity index (χ3n) is 2.74. The highest BCUT2D eigenvalue weighted by molar-refractivity contribution is 7.99. The van der Waals surface area contributed by atoms with Crippen LogP contribution in [0.4, 0.5) is 4.39 Å². The average molecular weight is 370 g/mol. The Morgan fingerprint density at radius 2 is 2.00 bits per heavy atom. The van der Waals surface area contributed by atoms with Gasteiger partial charge in [0, 0.05) is 17.2 Å². The number of carbonyl (C=O) groups is 1. The van der Waals surface area contributed by atoms with Crippen molar-refractivity contribution in [2.45, 2.75) is 12.3 Å². The van der Waals surface area contributed by atoms with Crippen LogP contribution in [0.3, 0.4) is 0 Å². The minimum atomic E-state index is -0.276. The smallest absolute Gasteiger partial charge is 0.248 e. The van der Waals surface area contributed by atoms with Gasteiger partial charge in [0.1, 0.15) is 5.82 Å². The van der Waals surface area contributed by atoms with E-state index in [0.29, 0.717) is 17.4 Å². The van der Waals surface area contributed by atoms with E-state index >= 15 is 0 Å². The van der Waals surface area contributed by atoms with Crippen LogP contribution in [0.5, 0.6) is 0 Å². The van der Waals surface area contributed by atoms with Crippen LogP contribution in [0.1, 0.15) is 10.4 Å². The highest BCUT2D eigenvalue weighted by Gasteiger charge is 2.03. The van der Waals surface area contributed by atoms with E-state index in [4.69, 9.17) is 12.2 Å². The summed E-state index contributed by atoms with van der Waals surface area (Å²) in [5.74, 6) is 0.753. The second kappa shape index (κ2) is 9.49. The van der Waals surface area contributed by atoms with Crippen molar-refractivity contribution in [1.82, 2.24) is 16.2 Å². The average Bonchev–Trinajstić information content (AvgIpc) is 3.06. The second-order valence-electron chi connectivity index (χ2n) is 4.55. The summed E-state index contributed by atoms with van der Waals surface area (Å²) in [7, 11) is 0. The van der Waals surface area contributed by atoms with Gasteiger partial charge < -0.3 is 5.32 Å². The van der Waals surface area contributed by atoms with Gasteiger partial charge in [-0.1, -0.05) is 18.2 Å². The Balaban J connectivity index is 1.58. The Hall–Kier alpha value is -1.64. The van der Waals surface area contributed by atoms with Crippen LogP contribution < -0.4 is 16.2 Å². The maximum atomic E-state index is 12.8. The first-order valence-corrected chi connectivity index (χ1v) is 9.25. The molecule has 0 aliphatic rings. The second-order valence-corrected chi connectivity index (χ2v) is 6.98. The van der Waals surface area contributed by atoms with Crippen molar-refractivity contribution in [3.8, 4) is 0 Å². The third kappa shape index (κ3) is 6.98. The van der Waals surface area contributed by atoms with Crippen LogP contribution >= 0.6 is 35.3 Å². The van der Waals surface area contributed by atoms with E-state index in [9.17, 15) is 9.18 Å². The molecule has 1 aromatic heterocycles. The van der Waals surface area contributed by atoms with Crippen molar-refractivity contribution < 1.29 is 9.18 Å². The summed E-state index contributed by atoms with van der Waals surface area (Å²) >= 11 is 8.28. The van der Waals surface area contributed by atoms with Crippen LogP contribution in [0.2, 0.25) is 0 Å². The van der Waals surface area contributed by atoms with E-state index in [2.05, 4.69) is 16.2 Å². The number of benzene rings is 1. The molecular weight excluding hydrogens is 353 g/mol. The van der Waals surface area contributed by atoms with E-state index in [1.165, 1.54) is 17.0 Å². The number of thiophene rings is 1. The molecule has 8 heteroatoms. The fourth-order valence-corrected chi connectivity index (χ4v) is 3.42. The van der Waals surface area contributed by atoms with Crippen molar-refractivity contribution in [1.29, 1.82) is 0 Å². The largest absolute Gasteiger partial charge is 0.357 e. The number of amides is 1. The van der Waals surface area contributed by atoms with Gasteiger partial charge in [0.05, 0.1) is 5.75 Å². The zero-order valence-electron chi connectivity index (χ0n) is 12.2. The molecule has 0 bridgehead atoms. The zero-order valence-corrected chi connectivity index (χ0v) is 14.6. The Kier molecular flexibility index (Phi) is 7.31. The summed E-state index contributed by atoms with van der Waals surface area (Å²) in [6.07, 6.45) is 0. The Morgan fingerprint density at radius 3 is 2.70 bits per heavy atom. The molecule has 23 heavy (non-hydrogen) atoms. The predicted molar refractivity (Wildman–Crippen MR) is 97.6 cm³/mol. The summed E-state index contributed by atoms with van der Waals surface area (Å²) < 4.78 is 12.8. The van der Waals surface area contributed by atoms with Crippen LogP contribution in [-0.4, -0.2) is 16.8 Å². The van der Waals surface area contributed by atoms with Gasteiger partial charge in [0.25, 0.3) is 0 Å². The van der Waals surface area contributed by atoms with Crippen LogP contribution in [0.15, 0.2) is 41.8 Å². The monoisotopic (exact) mass is 369 g/mol. The first-order valence-electron chi connectivity index (χ1n) is 6.81. The van der Waals surface area contributed by atoms with Crippen molar-refractivity contribution in [3.63, 3.8) is 0 Å². The first-order chi connectivity index (χ1) is 11.1. The molecule has 122 valence electrons. The molecule has 0 fully saturated rings. The van der Waals surface area contributed by atoms with Gasteiger partial charge >= 0.3 is 0 Å². The predicted octanol–water partition coefficient (Wildman–Crippen LogP) is 2.82. The van der Waals surface area contributed by atoms with Crippen molar-refractivity contribution >= 4 is 46.3 Å². The summed E-state index contributed by atoms with van der Waals surface area (Å²) in [5.41, 5.74) is 6.08. The number of halogens is 1. The molecule has 0 saturated heterocycles. The lowest BCUT2D eigenvalue weighted by Crippen LogP contribution is -2.47. The maximum absolute atomic E-state index is 12.8. The molecular formula is C15H16FN3OS3. The highest BCUT2D eigenvalue weighted by Crippen LogP contribution is 2.16. The number of rotatable bonds is 6. The molecule has 0 aliphatic carbocycles. The van der Waals surface area contributed by atoms with E-state index in [1.54, 1.807) is 35.2 Å². The standard InChI is InChI=1S/C15H16FN3OS3/c16-12-5-3-11(4-6-12)8-17-15(21)19-18-14(20)10-22-9-13-2-1-7-23-13/h1-7H,8-10H2,(H,18,20)(H2,17,19,21). The Bertz CT molecular complexity index is 632. The van der Waals surface area contributed by atoms with Crippen LogP contribution in [0.25, 0.3) is 0 Å². The lowest BCUT2D eigenvalue weighted by Gasteiger charge is -2.11. The lowest BCUT2D eigenvalue weighted by molar-refractivity contribution is -0.119. The van der Waals surface area contributed by atoms with E-state index < -0.39 is 0 Å². The molecule has 1 aromatic carbocycles. The van der Waals surface area contributed by atoms with Crippen molar-refractivity contribution in [2.24, 2.45) is 0 Å². The van der Waals surface area contributed by atoms with Gasteiger partial charge in [-0.25, -0.2) is 4.39 Å². The summed E-state index contributed by atoms with van der Waals surface area (Å²) in [5, 5.41) is 5.26. The molecule has 1 heterocycles. The summed E-state index contributed by atoms with van der Waals surface area (Å²) in [4.78, 5) is 12.9. The molecule has 1 amide bonds. The summed E-state index contributed by atoms with van der Waals surface area (Å²) in [6.45, 7) is 0.453. The number of thiocarbonyl (C=S) groups is 1. The van der Waals surface area contributed by atoms with E-state index in [-0.39, 0.29) is 11.7 Å². The summed E-state index contributed by atoms with van der Waals surface area (Å²) in [6, 6.07) is 10.2. The van der Waals surface area contributed by atoms with Gasteiger partial charge in [0.2, 0.25) is 5.91 Å². The number of thioether (sulfide) groups is 1. The number of hydrazine groups is 1. The fourth-order valence-electron chi connectivity index (χ4n) is 1.63. The van der Waals surface area contributed by atoms with Gasteiger partial charge in [-0.15, -0.1) is 23.1 Å². The van der Waals surface area contributed by atoms with Crippen LogP contribution in [0, 0.1) is 5.82 Å². The molecule has 0 spiro atoms. The lowest BCUT2D eigenvalue weighted by atomic mass is 10.2. The van der Waals surface area contributed by atoms with Crippen molar-refractivity contribution in [3.05, 3.63) is 58.0 Å². The van der Waals surface area contributed by atoms with E-state index in [1.807, 2.05) is 17.5 Å². The van der Waals surface area contributed by atoms with Gasteiger partial charge in [0.15, 0.2) is 5.11 Å². The maximum Gasteiger partial charge on any atom is 0.248 e. The quantitative estimate of drug-likeness (QED) is 0.540. The molecule has 0 saturated carbocycles. The van der Waals surface area contributed by atoms with Crippen LogP contribution in [-0.2, 0) is 17.1 Å². The van der Waals surface area contributed by atoms with E-state index in [0.717, 1.165) is 11.3 Å². The molecule has 2 aromatic rings. The zero-order chi connectivity index (χ0) is 16.5. The number of hydrogen-bond donors (Lipinski definition) is 3. The Morgan fingerprint density at radius 1 is 1.22 bits per heavy atom. The molecule has 3 N–H and O–H groups in total. The molecule has 4 nitrogen and oxygen atoms in total. The van der Waals surface area contributed by atoms with Gasteiger partial charge in [-0.05, 0) is 41.4 Å². The Labute approximate surface area is 147 Å². The normalized spacial score (nSPS) is 10.1. The number of hydrogen-bond acceptors (Lipinski definition) is 4. The highest BCUT2D eigenvalue weighted by atomic mass is 32.2. The third-order valence-corrected chi connectivity index (χ3v) is 5.03. The number of carbonyl (C=O) groups excluding carboxylic acids is 1. The first kappa shape index (κ1) is 17.7. The minimum Gasteiger partial charge on any atom is -0.357 e. The molecule has 0 radical (unpaired) electrons. The molecule has 0 atom stereocenters. The minimum absolute atomic E-state index is 0.141. The number of nitrogens with one attached hydrogen (secondary N) is 3.